The van der Waals surface area contributed by atoms with Crippen molar-refractivity contribution in [1.82, 2.24) is 5.32 Å². The molecule has 0 aliphatic rings. The van der Waals surface area contributed by atoms with Crippen molar-refractivity contribution < 1.29 is 4.79 Å². The Labute approximate surface area is 97.0 Å². The van der Waals surface area contributed by atoms with Gasteiger partial charge in [0.05, 0.1) is 0 Å². The first-order valence-electron chi connectivity index (χ1n) is 5.71. The summed E-state index contributed by atoms with van der Waals surface area (Å²) in [5.74, 6) is -0.00628. The van der Waals surface area contributed by atoms with E-state index in [1.807, 2.05) is 38.1 Å². The van der Waals surface area contributed by atoms with Crippen LogP contribution in [0.25, 0.3) is 0 Å². The molecule has 1 atom stereocenters. The SMILES string of the molecule is Cc1cccc(C(=O)NC(C)CCCN)c1. The number of hydrogen-bond donors (Lipinski definition) is 2. The van der Waals surface area contributed by atoms with Gasteiger partial charge in [0.15, 0.2) is 0 Å². The van der Waals surface area contributed by atoms with E-state index in [1.54, 1.807) is 0 Å². The smallest absolute Gasteiger partial charge is 0.251 e. The highest BCUT2D eigenvalue weighted by atomic mass is 16.1. The first kappa shape index (κ1) is 12.7. The molecule has 3 nitrogen and oxygen atoms in total. The molecule has 0 aliphatic heterocycles. The normalized spacial score (nSPS) is 12.2. The molecule has 0 spiro atoms. The summed E-state index contributed by atoms with van der Waals surface area (Å²) in [6.07, 6.45) is 1.86. The second-order valence-electron chi connectivity index (χ2n) is 4.17. The van der Waals surface area contributed by atoms with Crippen molar-refractivity contribution in [3.05, 3.63) is 35.4 Å². The van der Waals surface area contributed by atoms with Gasteiger partial charge in [-0.1, -0.05) is 17.7 Å². The van der Waals surface area contributed by atoms with Crippen molar-refractivity contribution in [2.45, 2.75) is 32.7 Å². The number of benzene rings is 1. The largest absolute Gasteiger partial charge is 0.350 e. The zero-order valence-corrected chi connectivity index (χ0v) is 9.99. The molecule has 16 heavy (non-hydrogen) atoms. The van der Waals surface area contributed by atoms with Crippen LogP contribution in [0.3, 0.4) is 0 Å². The predicted molar refractivity (Wildman–Crippen MR) is 66.4 cm³/mol. The van der Waals surface area contributed by atoms with Gasteiger partial charge in [-0.2, -0.15) is 0 Å². The minimum atomic E-state index is -0.00628. The lowest BCUT2D eigenvalue weighted by atomic mass is 10.1. The molecule has 1 aromatic carbocycles. The number of carbonyl (C=O) groups excluding carboxylic acids is 1. The highest BCUT2D eigenvalue weighted by molar-refractivity contribution is 5.94. The molecule has 1 rings (SSSR count). The van der Waals surface area contributed by atoms with E-state index in [0.29, 0.717) is 6.54 Å². The van der Waals surface area contributed by atoms with Gasteiger partial charge in [-0.15, -0.1) is 0 Å². The first-order valence-corrected chi connectivity index (χ1v) is 5.71. The molecule has 1 aromatic rings. The first-order chi connectivity index (χ1) is 7.63. The fourth-order valence-electron chi connectivity index (χ4n) is 1.59. The van der Waals surface area contributed by atoms with Crippen LogP contribution in [0.15, 0.2) is 24.3 Å². The minimum absolute atomic E-state index is 0.00628. The van der Waals surface area contributed by atoms with Crippen molar-refractivity contribution in [1.29, 1.82) is 0 Å². The van der Waals surface area contributed by atoms with E-state index in [-0.39, 0.29) is 11.9 Å². The quantitative estimate of drug-likeness (QED) is 0.795. The second-order valence-corrected chi connectivity index (χ2v) is 4.17. The van der Waals surface area contributed by atoms with Crippen molar-refractivity contribution in [3.8, 4) is 0 Å². The standard InChI is InChI=1S/C13H20N2O/c1-10-5-3-7-12(9-10)13(16)15-11(2)6-4-8-14/h3,5,7,9,11H,4,6,8,14H2,1-2H3,(H,15,16). The molecule has 88 valence electrons. The van der Waals surface area contributed by atoms with Gasteiger partial charge >= 0.3 is 0 Å². The van der Waals surface area contributed by atoms with E-state index in [9.17, 15) is 4.79 Å². The van der Waals surface area contributed by atoms with Crippen LogP contribution in [-0.2, 0) is 0 Å². The van der Waals surface area contributed by atoms with Gasteiger partial charge in [-0.3, -0.25) is 4.79 Å². The molecule has 0 aliphatic carbocycles. The number of carbonyl (C=O) groups is 1. The van der Waals surface area contributed by atoms with Crippen LogP contribution in [0.4, 0.5) is 0 Å². The third kappa shape index (κ3) is 4.03. The number of hydrogen-bond acceptors (Lipinski definition) is 2. The minimum Gasteiger partial charge on any atom is -0.350 e. The summed E-state index contributed by atoms with van der Waals surface area (Å²) < 4.78 is 0. The average Bonchev–Trinajstić information content (AvgIpc) is 2.26. The summed E-state index contributed by atoms with van der Waals surface area (Å²) in [6.45, 7) is 4.66. The van der Waals surface area contributed by atoms with E-state index >= 15 is 0 Å². The number of nitrogens with two attached hydrogens (primary N) is 1. The zero-order chi connectivity index (χ0) is 12.0. The zero-order valence-electron chi connectivity index (χ0n) is 9.99. The maximum Gasteiger partial charge on any atom is 0.251 e. The van der Waals surface area contributed by atoms with Gasteiger partial charge in [0.2, 0.25) is 0 Å². The van der Waals surface area contributed by atoms with Crippen LogP contribution in [-0.4, -0.2) is 18.5 Å². The Kier molecular flexibility index (Phi) is 4.99. The summed E-state index contributed by atoms with van der Waals surface area (Å²) in [5, 5.41) is 2.96. The molecule has 1 amide bonds. The Balaban J connectivity index is 2.52. The molecule has 0 aromatic heterocycles. The molecule has 0 saturated heterocycles. The molecule has 3 N–H and O–H groups in total. The molecule has 0 radical (unpaired) electrons. The maximum absolute atomic E-state index is 11.8. The van der Waals surface area contributed by atoms with Crippen LogP contribution in [0.1, 0.15) is 35.7 Å². The van der Waals surface area contributed by atoms with Gasteiger partial charge in [-0.25, -0.2) is 0 Å². The lowest BCUT2D eigenvalue weighted by Gasteiger charge is -2.13. The van der Waals surface area contributed by atoms with Gasteiger partial charge in [0.1, 0.15) is 0 Å². The van der Waals surface area contributed by atoms with Crippen molar-refractivity contribution in [2.75, 3.05) is 6.54 Å². The van der Waals surface area contributed by atoms with Crippen LogP contribution in [0, 0.1) is 6.92 Å². The van der Waals surface area contributed by atoms with E-state index in [2.05, 4.69) is 5.32 Å². The lowest BCUT2D eigenvalue weighted by Crippen LogP contribution is -2.32. The van der Waals surface area contributed by atoms with Crippen LogP contribution < -0.4 is 11.1 Å². The molecule has 0 fully saturated rings. The Morgan fingerprint density at radius 3 is 2.88 bits per heavy atom. The highest BCUT2D eigenvalue weighted by Gasteiger charge is 2.08. The Hall–Kier alpha value is -1.35. The number of nitrogens with one attached hydrogen (secondary N) is 1. The molecule has 0 saturated carbocycles. The van der Waals surface area contributed by atoms with Crippen molar-refractivity contribution in [2.24, 2.45) is 5.73 Å². The number of aryl methyl sites for hydroxylation is 1. The third-order valence-corrected chi connectivity index (χ3v) is 2.50. The molecule has 3 heteroatoms. The van der Waals surface area contributed by atoms with E-state index < -0.39 is 0 Å². The van der Waals surface area contributed by atoms with Gasteiger partial charge in [0.25, 0.3) is 5.91 Å². The third-order valence-electron chi connectivity index (χ3n) is 2.50. The Bertz CT molecular complexity index is 350. The summed E-state index contributed by atoms with van der Waals surface area (Å²) in [4.78, 5) is 11.8. The molecule has 1 unspecified atom stereocenters. The topological polar surface area (TPSA) is 55.1 Å². The molecular weight excluding hydrogens is 200 g/mol. The molecular formula is C13H20N2O. The lowest BCUT2D eigenvalue weighted by molar-refractivity contribution is 0.0938. The summed E-state index contributed by atoms with van der Waals surface area (Å²) >= 11 is 0. The number of amides is 1. The van der Waals surface area contributed by atoms with Gasteiger partial charge < -0.3 is 11.1 Å². The second kappa shape index (κ2) is 6.28. The summed E-state index contributed by atoms with van der Waals surface area (Å²) in [6, 6.07) is 7.78. The maximum atomic E-state index is 11.8. The monoisotopic (exact) mass is 220 g/mol. The predicted octanol–water partition coefficient (Wildman–Crippen LogP) is 1.85. The van der Waals surface area contributed by atoms with Crippen molar-refractivity contribution in [3.63, 3.8) is 0 Å². The van der Waals surface area contributed by atoms with Gasteiger partial charge in [-0.05, 0) is 45.4 Å². The average molecular weight is 220 g/mol. The fourth-order valence-corrected chi connectivity index (χ4v) is 1.59. The summed E-state index contributed by atoms with van der Waals surface area (Å²) in [7, 11) is 0. The molecule has 0 heterocycles. The fraction of sp³-hybridized carbons (Fsp3) is 0.462. The van der Waals surface area contributed by atoms with Gasteiger partial charge in [0, 0.05) is 11.6 Å². The van der Waals surface area contributed by atoms with E-state index in [4.69, 9.17) is 5.73 Å². The Morgan fingerprint density at radius 1 is 1.50 bits per heavy atom. The Morgan fingerprint density at radius 2 is 2.25 bits per heavy atom. The summed E-state index contributed by atoms with van der Waals surface area (Å²) in [5.41, 5.74) is 7.25. The molecule has 0 bridgehead atoms. The van der Waals surface area contributed by atoms with Crippen molar-refractivity contribution >= 4 is 5.91 Å². The van der Waals surface area contributed by atoms with Crippen LogP contribution in [0.2, 0.25) is 0 Å². The van der Waals surface area contributed by atoms with E-state index in [0.717, 1.165) is 24.0 Å². The van der Waals surface area contributed by atoms with Crippen LogP contribution >= 0.6 is 0 Å². The van der Waals surface area contributed by atoms with E-state index in [1.165, 1.54) is 0 Å². The number of rotatable bonds is 5. The van der Waals surface area contributed by atoms with Crippen LogP contribution in [0.5, 0.6) is 0 Å². The highest BCUT2D eigenvalue weighted by Crippen LogP contribution is 2.05.